The number of rotatable bonds is 5. The third-order valence-corrected chi connectivity index (χ3v) is 3.34. The molecule has 2 aromatic rings. The number of aliphatic hydroxyl groups is 1. The molecule has 106 valence electrons. The average molecular weight is 313 g/mol. The zero-order valence-electron chi connectivity index (χ0n) is 10.8. The van der Waals surface area contributed by atoms with Gasteiger partial charge >= 0.3 is 0 Å². The van der Waals surface area contributed by atoms with Crippen molar-refractivity contribution < 1.29 is 9.84 Å². The smallest absolute Gasteiger partial charge is 0.138 e. The van der Waals surface area contributed by atoms with Crippen molar-refractivity contribution in [2.75, 3.05) is 0 Å². The third kappa shape index (κ3) is 3.60. The Morgan fingerprint density at radius 1 is 1.30 bits per heavy atom. The molecule has 0 spiro atoms. The normalized spacial score (nSPS) is 13.8. The standard InChI is InChI=1S/C14H14Cl2N2O2/c1-2-12(14(19)11-8-17-5-6-18-11)20-13-4-3-9(15)7-10(13)16/h3-8,12,14,19H,2H2,1H3. The van der Waals surface area contributed by atoms with E-state index in [9.17, 15) is 5.11 Å². The van der Waals surface area contributed by atoms with Gasteiger partial charge in [-0.25, -0.2) is 0 Å². The minimum Gasteiger partial charge on any atom is -0.486 e. The summed E-state index contributed by atoms with van der Waals surface area (Å²) in [4.78, 5) is 8.02. The molecule has 6 heteroatoms. The van der Waals surface area contributed by atoms with E-state index in [0.29, 0.717) is 27.9 Å². The van der Waals surface area contributed by atoms with Crippen LogP contribution in [0.1, 0.15) is 25.1 Å². The molecule has 0 aliphatic heterocycles. The molecule has 0 radical (unpaired) electrons. The molecule has 0 amide bonds. The number of hydrogen-bond acceptors (Lipinski definition) is 4. The summed E-state index contributed by atoms with van der Waals surface area (Å²) >= 11 is 11.9. The summed E-state index contributed by atoms with van der Waals surface area (Å²) in [6, 6.07) is 4.96. The molecule has 20 heavy (non-hydrogen) atoms. The number of ether oxygens (including phenoxy) is 1. The summed E-state index contributed by atoms with van der Waals surface area (Å²) in [6.45, 7) is 1.91. The van der Waals surface area contributed by atoms with Crippen LogP contribution in [0.5, 0.6) is 5.75 Å². The first kappa shape index (κ1) is 15.0. The lowest BCUT2D eigenvalue weighted by molar-refractivity contribution is 0.0303. The number of aromatic nitrogens is 2. The van der Waals surface area contributed by atoms with E-state index in [1.54, 1.807) is 24.4 Å². The van der Waals surface area contributed by atoms with Gasteiger partial charge in [0.1, 0.15) is 18.0 Å². The number of aliphatic hydroxyl groups excluding tert-OH is 1. The van der Waals surface area contributed by atoms with Crippen LogP contribution in [0, 0.1) is 0 Å². The zero-order chi connectivity index (χ0) is 14.5. The fourth-order valence-electron chi connectivity index (χ4n) is 1.76. The van der Waals surface area contributed by atoms with Gasteiger partial charge in [0.05, 0.1) is 16.9 Å². The first-order valence-corrected chi connectivity index (χ1v) is 6.93. The van der Waals surface area contributed by atoms with Crippen molar-refractivity contribution in [1.29, 1.82) is 0 Å². The van der Waals surface area contributed by atoms with Crippen LogP contribution in [-0.2, 0) is 0 Å². The van der Waals surface area contributed by atoms with E-state index in [2.05, 4.69) is 9.97 Å². The third-order valence-electron chi connectivity index (χ3n) is 2.81. The fraction of sp³-hybridized carbons (Fsp3) is 0.286. The summed E-state index contributed by atoms with van der Waals surface area (Å²) in [5.41, 5.74) is 0.462. The van der Waals surface area contributed by atoms with E-state index in [1.165, 1.54) is 12.4 Å². The second-order valence-corrected chi connectivity index (χ2v) is 5.06. The Labute approximate surface area is 127 Å². The van der Waals surface area contributed by atoms with E-state index in [0.717, 1.165) is 0 Å². The Kier molecular flexibility index (Phi) is 5.17. The van der Waals surface area contributed by atoms with E-state index in [4.69, 9.17) is 27.9 Å². The number of hydrogen-bond donors (Lipinski definition) is 1. The van der Waals surface area contributed by atoms with E-state index in [-0.39, 0.29) is 0 Å². The highest BCUT2D eigenvalue weighted by atomic mass is 35.5. The van der Waals surface area contributed by atoms with E-state index < -0.39 is 12.2 Å². The molecule has 1 N–H and O–H groups in total. The lowest BCUT2D eigenvalue weighted by Gasteiger charge is -2.23. The molecule has 0 fully saturated rings. The predicted molar refractivity (Wildman–Crippen MR) is 78.2 cm³/mol. The van der Waals surface area contributed by atoms with Crippen LogP contribution in [0.25, 0.3) is 0 Å². The maximum atomic E-state index is 10.3. The van der Waals surface area contributed by atoms with Crippen LogP contribution in [0.2, 0.25) is 10.0 Å². The quantitative estimate of drug-likeness (QED) is 0.915. The first-order chi connectivity index (χ1) is 9.61. The summed E-state index contributed by atoms with van der Waals surface area (Å²) in [7, 11) is 0. The molecular formula is C14H14Cl2N2O2. The average Bonchev–Trinajstić information content (AvgIpc) is 2.47. The topological polar surface area (TPSA) is 55.2 Å². The van der Waals surface area contributed by atoms with Gasteiger partial charge in [-0.05, 0) is 24.6 Å². The summed E-state index contributed by atoms with van der Waals surface area (Å²) in [5.74, 6) is 0.478. The van der Waals surface area contributed by atoms with Gasteiger partial charge in [0, 0.05) is 17.4 Å². The Balaban J connectivity index is 2.16. The van der Waals surface area contributed by atoms with Crippen LogP contribution in [0.15, 0.2) is 36.8 Å². The molecule has 0 bridgehead atoms. The fourth-order valence-corrected chi connectivity index (χ4v) is 2.21. The van der Waals surface area contributed by atoms with Crippen molar-refractivity contribution in [3.63, 3.8) is 0 Å². The molecule has 0 aliphatic carbocycles. The molecular weight excluding hydrogens is 299 g/mol. The lowest BCUT2D eigenvalue weighted by atomic mass is 10.1. The monoisotopic (exact) mass is 312 g/mol. The van der Waals surface area contributed by atoms with E-state index in [1.807, 2.05) is 6.92 Å². The molecule has 0 saturated heterocycles. The van der Waals surface area contributed by atoms with Crippen LogP contribution >= 0.6 is 23.2 Å². The van der Waals surface area contributed by atoms with Crippen molar-refractivity contribution in [3.05, 3.63) is 52.5 Å². The minimum atomic E-state index is -0.875. The molecule has 2 rings (SSSR count). The molecule has 2 atom stereocenters. The van der Waals surface area contributed by atoms with Crippen LogP contribution in [-0.4, -0.2) is 21.2 Å². The summed E-state index contributed by atoms with van der Waals surface area (Å²) in [5, 5.41) is 11.2. The van der Waals surface area contributed by atoms with Crippen LogP contribution in [0.3, 0.4) is 0 Å². The van der Waals surface area contributed by atoms with Crippen LogP contribution < -0.4 is 4.74 Å². The van der Waals surface area contributed by atoms with Gasteiger partial charge in [0.2, 0.25) is 0 Å². The van der Waals surface area contributed by atoms with Crippen molar-refractivity contribution in [3.8, 4) is 5.75 Å². The predicted octanol–water partition coefficient (Wildman–Crippen LogP) is 3.67. The van der Waals surface area contributed by atoms with E-state index >= 15 is 0 Å². The molecule has 1 aromatic heterocycles. The molecule has 2 unspecified atom stereocenters. The molecule has 0 aliphatic rings. The van der Waals surface area contributed by atoms with Gasteiger partial charge in [0.15, 0.2) is 0 Å². The highest BCUT2D eigenvalue weighted by molar-refractivity contribution is 6.35. The summed E-state index contributed by atoms with van der Waals surface area (Å²) in [6.07, 6.45) is 3.84. The SMILES string of the molecule is CCC(Oc1ccc(Cl)cc1Cl)C(O)c1cnccn1. The Hall–Kier alpha value is -1.36. The highest BCUT2D eigenvalue weighted by Gasteiger charge is 2.23. The van der Waals surface area contributed by atoms with Gasteiger partial charge in [-0.3, -0.25) is 9.97 Å². The lowest BCUT2D eigenvalue weighted by Crippen LogP contribution is -2.25. The maximum Gasteiger partial charge on any atom is 0.138 e. The largest absolute Gasteiger partial charge is 0.486 e. The molecule has 4 nitrogen and oxygen atoms in total. The van der Waals surface area contributed by atoms with Gasteiger partial charge in [-0.1, -0.05) is 30.1 Å². The summed E-state index contributed by atoms with van der Waals surface area (Å²) < 4.78 is 5.76. The Bertz CT molecular complexity index is 566. The zero-order valence-corrected chi connectivity index (χ0v) is 12.3. The van der Waals surface area contributed by atoms with Gasteiger partial charge in [-0.2, -0.15) is 0 Å². The van der Waals surface area contributed by atoms with Gasteiger partial charge < -0.3 is 9.84 Å². The second kappa shape index (κ2) is 6.88. The van der Waals surface area contributed by atoms with Gasteiger partial charge in [0.25, 0.3) is 0 Å². The van der Waals surface area contributed by atoms with Crippen molar-refractivity contribution in [2.45, 2.75) is 25.6 Å². The number of halogens is 2. The second-order valence-electron chi connectivity index (χ2n) is 4.21. The Morgan fingerprint density at radius 3 is 2.70 bits per heavy atom. The molecule has 0 saturated carbocycles. The highest BCUT2D eigenvalue weighted by Crippen LogP contribution is 2.31. The van der Waals surface area contributed by atoms with Crippen molar-refractivity contribution >= 4 is 23.2 Å². The Morgan fingerprint density at radius 2 is 2.10 bits per heavy atom. The van der Waals surface area contributed by atoms with Crippen LogP contribution in [0.4, 0.5) is 0 Å². The minimum absolute atomic E-state index is 0.405. The number of benzene rings is 1. The van der Waals surface area contributed by atoms with Gasteiger partial charge in [-0.15, -0.1) is 0 Å². The number of nitrogens with zero attached hydrogens (tertiary/aromatic N) is 2. The molecule has 1 aromatic carbocycles. The van der Waals surface area contributed by atoms with Crippen molar-refractivity contribution in [2.24, 2.45) is 0 Å². The van der Waals surface area contributed by atoms with Crippen molar-refractivity contribution in [1.82, 2.24) is 9.97 Å². The first-order valence-electron chi connectivity index (χ1n) is 6.17. The molecule has 1 heterocycles. The maximum absolute atomic E-state index is 10.3.